The van der Waals surface area contributed by atoms with E-state index in [0.29, 0.717) is 22.3 Å². The summed E-state index contributed by atoms with van der Waals surface area (Å²) in [6.07, 6.45) is 4.92. The van der Waals surface area contributed by atoms with Gasteiger partial charge in [0.2, 0.25) is 0 Å². The van der Waals surface area contributed by atoms with Gasteiger partial charge in [-0.05, 0) is 43.0 Å². The maximum atomic E-state index is 12.1. The van der Waals surface area contributed by atoms with E-state index < -0.39 is 0 Å². The summed E-state index contributed by atoms with van der Waals surface area (Å²) < 4.78 is 6.84. The highest BCUT2D eigenvalue weighted by molar-refractivity contribution is 6.29. The predicted octanol–water partition coefficient (Wildman–Crippen LogP) is 5.41. The fraction of sp³-hybridized carbons (Fsp3) is 0.318. The number of esters is 1. The number of hydrogen-bond acceptors (Lipinski definition) is 4. The van der Waals surface area contributed by atoms with Crippen LogP contribution >= 0.6 is 11.6 Å². The highest BCUT2D eigenvalue weighted by Crippen LogP contribution is 2.33. The number of pyridine rings is 1. The van der Waals surface area contributed by atoms with Crippen LogP contribution in [0.3, 0.4) is 0 Å². The van der Waals surface area contributed by atoms with Crippen LogP contribution in [0, 0.1) is 12.8 Å². The molecule has 0 unspecified atom stereocenters. The quantitative estimate of drug-likeness (QED) is 0.412. The molecule has 1 aromatic carbocycles. The standard InChI is InChI=1S/C22H24ClN3O2/c1-14(2)9-10-26-13-17(12-24-26)18-7-8-20(23)25-21(18)16-6-5-15(3)19(11-16)22(27)28-4/h5-8,11-14H,9-10H2,1-4H3. The molecular weight excluding hydrogens is 374 g/mol. The predicted molar refractivity (Wildman–Crippen MR) is 111 cm³/mol. The smallest absolute Gasteiger partial charge is 0.338 e. The van der Waals surface area contributed by atoms with Gasteiger partial charge in [-0.15, -0.1) is 0 Å². The summed E-state index contributed by atoms with van der Waals surface area (Å²) in [6, 6.07) is 9.33. The minimum atomic E-state index is -0.371. The third kappa shape index (κ3) is 4.42. The van der Waals surface area contributed by atoms with Crippen molar-refractivity contribution in [1.82, 2.24) is 14.8 Å². The highest BCUT2D eigenvalue weighted by Gasteiger charge is 2.16. The maximum Gasteiger partial charge on any atom is 0.338 e. The van der Waals surface area contributed by atoms with Gasteiger partial charge in [0.1, 0.15) is 5.15 Å². The second kappa shape index (κ2) is 8.57. The van der Waals surface area contributed by atoms with Gasteiger partial charge >= 0.3 is 5.97 Å². The number of ether oxygens (including phenoxy) is 1. The van der Waals surface area contributed by atoms with Crippen molar-refractivity contribution < 1.29 is 9.53 Å². The second-order valence-electron chi connectivity index (χ2n) is 7.23. The zero-order valence-electron chi connectivity index (χ0n) is 16.6. The number of rotatable bonds is 6. The molecule has 0 aliphatic rings. The molecule has 0 bridgehead atoms. The molecule has 0 saturated heterocycles. The number of benzene rings is 1. The zero-order valence-corrected chi connectivity index (χ0v) is 17.3. The summed E-state index contributed by atoms with van der Waals surface area (Å²) in [7, 11) is 1.38. The van der Waals surface area contributed by atoms with E-state index in [1.54, 1.807) is 12.1 Å². The largest absolute Gasteiger partial charge is 0.465 e. The minimum Gasteiger partial charge on any atom is -0.465 e. The van der Waals surface area contributed by atoms with Gasteiger partial charge < -0.3 is 4.74 Å². The molecule has 2 heterocycles. The number of halogens is 1. The molecule has 0 atom stereocenters. The first kappa shape index (κ1) is 20.1. The van der Waals surface area contributed by atoms with E-state index in [4.69, 9.17) is 16.3 Å². The van der Waals surface area contributed by atoms with Crippen LogP contribution in [0.4, 0.5) is 0 Å². The summed E-state index contributed by atoms with van der Waals surface area (Å²) in [5, 5.41) is 4.87. The molecule has 0 spiro atoms. The van der Waals surface area contributed by atoms with E-state index in [1.807, 2.05) is 42.2 Å². The van der Waals surface area contributed by atoms with Crippen molar-refractivity contribution >= 4 is 17.6 Å². The summed E-state index contributed by atoms with van der Waals surface area (Å²) in [6.45, 7) is 7.13. The lowest BCUT2D eigenvalue weighted by Crippen LogP contribution is -2.04. The van der Waals surface area contributed by atoms with Crippen molar-refractivity contribution in [2.24, 2.45) is 5.92 Å². The Morgan fingerprint density at radius 3 is 2.71 bits per heavy atom. The van der Waals surface area contributed by atoms with Crippen LogP contribution in [-0.4, -0.2) is 27.8 Å². The molecule has 0 fully saturated rings. The second-order valence-corrected chi connectivity index (χ2v) is 7.61. The van der Waals surface area contributed by atoms with Gasteiger partial charge in [0.15, 0.2) is 0 Å². The fourth-order valence-electron chi connectivity index (χ4n) is 3.00. The van der Waals surface area contributed by atoms with Crippen LogP contribution in [0.2, 0.25) is 5.15 Å². The van der Waals surface area contributed by atoms with Crippen molar-refractivity contribution in [3.05, 3.63) is 59.0 Å². The lowest BCUT2D eigenvalue weighted by Gasteiger charge is -2.11. The molecule has 0 amide bonds. The highest BCUT2D eigenvalue weighted by atomic mass is 35.5. The molecule has 0 aliphatic heterocycles. The van der Waals surface area contributed by atoms with Crippen molar-refractivity contribution in [3.63, 3.8) is 0 Å². The molecule has 146 valence electrons. The van der Waals surface area contributed by atoms with Crippen molar-refractivity contribution in [1.29, 1.82) is 0 Å². The molecule has 6 heteroatoms. The first-order valence-corrected chi connectivity index (χ1v) is 9.65. The van der Waals surface area contributed by atoms with Gasteiger partial charge in [-0.25, -0.2) is 9.78 Å². The Labute approximate surface area is 170 Å². The number of hydrogen-bond donors (Lipinski definition) is 0. The average Bonchev–Trinajstić information content (AvgIpc) is 3.15. The molecule has 28 heavy (non-hydrogen) atoms. The Morgan fingerprint density at radius 2 is 2.00 bits per heavy atom. The van der Waals surface area contributed by atoms with Crippen molar-refractivity contribution in [2.75, 3.05) is 7.11 Å². The molecule has 2 aromatic heterocycles. The Kier molecular flexibility index (Phi) is 6.15. The fourth-order valence-corrected chi connectivity index (χ4v) is 3.15. The van der Waals surface area contributed by atoms with E-state index in [-0.39, 0.29) is 5.97 Å². The number of carbonyl (C=O) groups excluding carboxylic acids is 1. The number of methoxy groups -OCH3 is 1. The van der Waals surface area contributed by atoms with Crippen LogP contribution in [-0.2, 0) is 11.3 Å². The minimum absolute atomic E-state index is 0.371. The van der Waals surface area contributed by atoms with Gasteiger partial charge in [-0.3, -0.25) is 4.68 Å². The zero-order chi connectivity index (χ0) is 20.3. The van der Waals surface area contributed by atoms with E-state index in [2.05, 4.69) is 23.9 Å². The lowest BCUT2D eigenvalue weighted by molar-refractivity contribution is 0.0600. The summed E-state index contributed by atoms with van der Waals surface area (Å²) in [5.74, 6) is 0.245. The average molecular weight is 398 g/mol. The van der Waals surface area contributed by atoms with E-state index in [1.165, 1.54) is 7.11 Å². The Bertz CT molecular complexity index is 995. The van der Waals surface area contributed by atoms with Crippen LogP contribution in [0.25, 0.3) is 22.4 Å². The maximum absolute atomic E-state index is 12.1. The SMILES string of the molecule is COC(=O)c1cc(-c2nc(Cl)ccc2-c2cnn(CCC(C)C)c2)ccc1C. The van der Waals surface area contributed by atoms with Gasteiger partial charge in [-0.1, -0.05) is 37.6 Å². The molecule has 5 nitrogen and oxygen atoms in total. The summed E-state index contributed by atoms with van der Waals surface area (Å²) in [5.41, 5.74) is 4.75. The Hall–Kier alpha value is -2.66. The first-order valence-electron chi connectivity index (χ1n) is 9.27. The topological polar surface area (TPSA) is 57.0 Å². The molecule has 0 N–H and O–H groups in total. The summed E-state index contributed by atoms with van der Waals surface area (Å²) in [4.78, 5) is 16.6. The van der Waals surface area contributed by atoms with Crippen LogP contribution in [0.15, 0.2) is 42.7 Å². The van der Waals surface area contributed by atoms with E-state index in [0.717, 1.165) is 35.2 Å². The number of aromatic nitrogens is 3. The van der Waals surface area contributed by atoms with Crippen molar-refractivity contribution in [2.45, 2.75) is 33.7 Å². The third-order valence-electron chi connectivity index (χ3n) is 4.66. The molecule has 0 saturated carbocycles. The molecule has 0 aliphatic carbocycles. The van der Waals surface area contributed by atoms with Crippen LogP contribution < -0.4 is 0 Å². The molecular formula is C22H24ClN3O2. The Morgan fingerprint density at radius 1 is 1.21 bits per heavy atom. The van der Waals surface area contributed by atoms with Gasteiger partial charge in [-0.2, -0.15) is 5.10 Å². The third-order valence-corrected chi connectivity index (χ3v) is 4.87. The molecule has 3 rings (SSSR count). The van der Waals surface area contributed by atoms with E-state index >= 15 is 0 Å². The van der Waals surface area contributed by atoms with Gasteiger partial charge in [0.05, 0.1) is 24.6 Å². The van der Waals surface area contributed by atoms with Gasteiger partial charge in [0, 0.05) is 29.4 Å². The molecule has 0 radical (unpaired) electrons. The van der Waals surface area contributed by atoms with Crippen LogP contribution in [0.1, 0.15) is 36.2 Å². The van der Waals surface area contributed by atoms with E-state index in [9.17, 15) is 4.79 Å². The first-order chi connectivity index (χ1) is 13.4. The summed E-state index contributed by atoms with van der Waals surface area (Å²) >= 11 is 6.18. The molecule has 3 aromatic rings. The van der Waals surface area contributed by atoms with Crippen molar-refractivity contribution in [3.8, 4) is 22.4 Å². The number of carbonyl (C=O) groups is 1. The normalized spacial score (nSPS) is 11.1. The number of aryl methyl sites for hydroxylation is 2. The van der Waals surface area contributed by atoms with Gasteiger partial charge in [0.25, 0.3) is 0 Å². The monoisotopic (exact) mass is 397 g/mol. The Balaban J connectivity index is 2.04. The lowest BCUT2D eigenvalue weighted by atomic mass is 9.98. The van der Waals surface area contributed by atoms with Crippen LogP contribution in [0.5, 0.6) is 0 Å². The number of nitrogens with zero attached hydrogens (tertiary/aromatic N) is 3.